The van der Waals surface area contributed by atoms with Crippen LogP contribution in [0, 0.1) is 0 Å². The van der Waals surface area contributed by atoms with Crippen molar-refractivity contribution in [1.82, 2.24) is 4.90 Å². The Kier molecular flexibility index (Phi) is 5.86. The molecule has 0 aromatic heterocycles. The predicted octanol–water partition coefficient (Wildman–Crippen LogP) is 4.90. The highest BCUT2D eigenvalue weighted by Gasteiger charge is 2.11. The molecule has 0 saturated carbocycles. The molecule has 2 aromatic rings. The molecular weight excluding hydrogens is 295 g/mol. The predicted molar refractivity (Wildman–Crippen MR) is 93.0 cm³/mol. The number of nitrogens with two attached hydrogens (primary N) is 1. The largest absolute Gasteiger partial charge is 0.398 e. The molecule has 2 rings (SSSR count). The standard InChI is InChI=1S/C18H23FN2S/c1-4-15(19)13-9-10-18(16(20)11-13)22-17-8-6-5-7-14(17)12-21(2)3/h5-11,15H,4,12,20H2,1-3H3. The summed E-state index contributed by atoms with van der Waals surface area (Å²) in [7, 11) is 4.10. The second-order valence-electron chi connectivity index (χ2n) is 5.62. The van der Waals surface area contributed by atoms with Crippen molar-refractivity contribution < 1.29 is 4.39 Å². The minimum absolute atomic E-state index is 0.470. The minimum atomic E-state index is -0.942. The van der Waals surface area contributed by atoms with Crippen LogP contribution in [0.1, 0.15) is 30.6 Å². The van der Waals surface area contributed by atoms with Gasteiger partial charge in [-0.3, -0.25) is 0 Å². The van der Waals surface area contributed by atoms with Crippen molar-refractivity contribution >= 4 is 17.4 Å². The number of benzene rings is 2. The molecule has 0 aliphatic carbocycles. The van der Waals surface area contributed by atoms with Crippen LogP contribution in [0.4, 0.5) is 10.1 Å². The SMILES string of the molecule is CCC(F)c1ccc(Sc2ccccc2CN(C)C)c(N)c1. The van der Waals surface area contributed by atoms with Gasteiger partial charge in [-0.1, -0.05) is 43.0 Å². The fourth-order valence-corrected chi connectivity index (χ4v) is 3.24. The topological polar surface area (TPSA) is 29.3 Å². The van der Waals surface area contributed by atoms with Crippen molar-refractivity contribution in [3.05, 3.63) is 53.6 Å². The van der Waals surface area contributed by atoms with E-state index in [1.54, 1.807) is 17.8 Å². The van der Waals surface area contributed by atoms with E-state index >= 15 is 0 Å². The summed E-state index contributed by atoms with van der Waals surface area (Å²) in [4.78, 5) is 4.29. The lowest BCUT2D eigenvalue weighted by Gasteiger charge is -2.15. The molecule has 0 bridgehead atoms. The van der Waals surface area contributed by atoms with Crippen LogP contribution < -0.4 is 5.73 Å². The van der Waals surface area contributed by atoms with Gasteiger partial charge in [0.05, 0.1) is 0 Å². The highest BCUT2D eigenvalue weighted by Crippen LogP contribution is 2.36. The smallest absolute Gasteiger partial charge is 0.125 e. The maximum Gasteiger partial charge on any atom is 0.125 e. The quantitative estimate of drug-likeness (QED) is 0.768. The molecule has 1 unspecified atom stereocenters. The number of anilines is 1. The van der Waals surface area contributed by atoms with Gasteiger partial charge in [0.15, 0.2) is 0 Å². The van der Waals surface area contributed by atoms with Gasteiger partial charge in [0.25, 0.3) is 0 Å². The van der Waals surface area contributed by atoms with Crippen molar-refractivity contribution in [1.29, 1.82) is 0 Å². The van der Waals surface area contributed by atoms with Gasteiger partial charge in [0, 0.05) is 22.0 Å². The fourth-order valence-electron chi connectivity index (χ4n) is 2.28. The first kappa shape index (κ1) is 16.8. The summed E-state index contributed by atoms with van der Waals surface area (Å²) < 4.78 is 13.7. The van der Waals surface area contributed by atoms with Gasteiger partial charge in [-0.15, -0.1) is 0 Å². The number of hydrogen-bond donors (Lipinski definition) is 1. The van der Waals surface area contributed by atoms with Crippen molar-refractivity contribution in [2.24, 2.45) is 0 Å². The third-order valence-electron chi connectivity index (χ3n) is 3.43. The Hall–Kier alpha value is -1.52. The van der Waals surface area contributed by atoms with Crippen LogP contribution in [0.25, 0.3) is 0 Å². The summed E-state index contributed by atoms with van der Waals surface area (Å²) in [5.74, 6) is 0. The molecule has 0 saturated heterocycles. The van der Waals surface area contributed by atoms with E-state index in [9.17, 15) is 4.39 Å². The van der Waals surface area contributed by atoms with Crippen molar-refractivity contribution in [3.63, 3.8) is 0 Å². The first-order chi connectivity index (χ1) is 10.5. The number of nitrogens with zero attached hydrogens (tertiary/aromatic N) is 1. The van der Waals surface area contributed by atoms with Crippen LogP contribution >= 0.6 is 11.8 Å². The zero-order valence-corrected chi connectivity index (χ0v) is 14.2. The summed E-state index contributed by atoms with van der Waals surface area (Å²) in [5.41, 5.74) is 8.67. The first-order valence-corrected chi connectivity index (χ1v) is 8.27. The summed E-state index contributed by atoms with van der Waals surface area (Å²) in [6.07, 6.45) is -0.472. The van der Waals surface area contributed by atoms with Gasteiger partial charge in [-0.2, -0.15) is 0 Å². The zero-order chi connectivity index (χ0) is 16.1. The third-order valence-corrected chi connectivity index (χ3v) is 4.64. The molecule has 4 heteroatoms. The first-order valence-electron chi connectivity index (χ1n) is 7.45. The summed E-state index contributed by atoms with van der Waals surface area (Å²) in [5, 5.41) is 0. The molecular formula is C18H23FN2S. The Morgan fingerprint density at radius 3 is 2.50 bits per heavy atom. The highest BCUT2D eigenvalue weighted by atomic mass is 32.2. The van der Waals surface area contributed by atoms with E-state index in [2.05, 4.69) is 31.1 Å². The summed E-state index contributed by atoms with van der Waals surface area (Å²) in [6, 6.07) is 13.8. The second kappa shape index (κ2) is 7.65. The maximum absolute atomic E-state index is 13.7. The number of nitrogen functional groups attached to an aromatic ring is 1. The van der Waals surface area contributed by atoms with E-state index < -0.39 is 6.17 Å². The molecule has 0 radical (unpaired) electrons. The molecule has 0 fully saturated rings. The molecule has 0 spiro atoms. The number of alkyl halides is 1. The van der Waals surface area contributed by atoms with E-state index in [4.69, 9.17) is 5.73 Å². The van der Waals surface area contributed by atoms with E-state index in [0.29, 0.717) is 17.7 Å². The van der Waals surface area contributed by atoms with Crippen molar-refractivity contribution in [2.45, 2.75) is 35.9 Å². The second-order valence-corrected chi connectivity index (χ2v) is 6.70. The van der Waals surface area contributed by atoms with Crippen LogP contribution in [0.15, 0.2) is 52.3 Å². The molecule has 0 amide bonds. The maximum atomic E-state index is 13.7. The van der Waals surface area contributed by atoms with E-state index in [0.717, 1.165) is 11.4 Å². The van der Waals surface area contributed by atoms with Crippen LogP contribution in [0.3, 0.4) is 0 Å². The van der Waals surface area contributed by atoms with Gasteiger partial charge >= 0.3 is 0 Å². The average Bonchev–Trinajstić information content (AvgIpc) is 2.49. The minimum Gasteiger partial charge on any atom is -0.398 e. The lowest BCUT2D eigenvalue weighted by molar-refractivity contribution is 0.334. The van der Waals surface area contributed by atoms with Crippen LogP contribution in [0.2, 0.25) is 0 Å². The third kappa shape index (κ3) is 4.24. The van der Waals surface area contributed by atoms with Crippen molar-refractivity contribution in [3.8, 4) is 0 Å². The van der Waals surface area contributed by atoms with Gasteiger partial charge < -0.3 is 10.6 Å². The molecule has 0 aliphatic rings. The number of hydrogen-bond acceptors (Lipinski definition) is 3. The lowest BCUT2D eigenvalue weighted by Crippen LogP contribution is -2.11. The number of halogens is 1. The van der Waals surface area contributed by atoms with Gasteiger partial charge in [0.2, 0.25) is 0 Å². The van der Waals surface area contributed by atoms with E-state index in [1.807, 2.05) is 31.2 Å². The molecule has 2 nitrogen and oxygen atoms in total. The van der Waals surface area contributed by atoms with Gasteiger partial charge in [-0.25, -0.2) is 4.39 Å². The molecule has 22 heavy (non-hydrogen) atoms. The Balaban J connectivity index is 2.24. The van der Waals surface area contributed by atoms with Gasteiger partial charge in [0.1, 0.15) is 6.17 Å². The molecule has 118 valence electrons. The summed E-state index contributed by atoms with van der Waals surface area (Å²) in [6.45, 7) is 2.71. The normalized spacial score (nSPS) is 12.6. The average molecular weight is 318 g/mol. The van der Waals surface area contributed by atoms with Crippen LogP contribution in [-0.2, 0) is 6.54 Å². The zero-order valence-electron chi connectivity index (χ0n) is 13.3. The molecule has 0 aliphatic heterocycles. The monoisotopic (exact) mass is 318 g/mol. The molecule has 2 aromatic carbocycles. The molecule has 0 heterocycles. The Morgan fingerprint density at radius 2 is 1.86 bits per heavy atom. The van der Waals surface area contributed by atoms with E-state index in [1.165, 1.54) is 10.5 Å². The van der Waals surface area contributed by atoms with Crippen LogP contribution in [0.5, 0.6) is 0 Å². The molecule has 1 atom stereocenters. The Morgan fingerprint density at radius 1 is 1.14 bits per heavy atom. The van der Waals surface area contributed by atoms with E-state index in [-0.39, 0.29) is 0 Å². The molecule has 2 N–H and O–H groups in total. The van der Waals surface area contributed by atoms with Gasteiger partial charge in [-0.05, 0) is 49.8 Å². The highest BCUT2D eigenvalue weighted by molar-refractivity contribution is 7.99. The summed E-state index contributed by atoms with van der Waals surface area (Å²) >= 11 is 1.64. The van der Waals surface area contributed by atoms with Crippen LogP contribution in [-0.4, -0.2) is 19.0 Å². The Labute approximate surface area is 136 Å². The Bertz CT molecular complexity index is 628. The number of rotatable bonds is 6. The van der Waals surface area contributed by atoms with Crippen molar-refractivity contribution in [2.75, 3.05) is 19.8 Å². The fraction of sp³-hybridized carbons (Fsp3) is 0.333. The lowest BCUT2D eigenvalue weighted by atomic mass is 10.1.